The lowest BCUT2D eigenvalue weighted by Crippen LogP contribution is -2.37. The van der Waals surface area contributed by atoms with Crippen LogP contribution in [0, 0.1) is 12.7 Å². The lowest BCUT2D eigenvalue weighted by atomic mass is 10.0. The molecule has 3 rings (SSSR count). The van der Waals surface area contributed by atoms with E-state index < -0.39 is 11.7 Å². The summed E-state index contributed by atoms with van der Waals surface area (Å²) in [6, 6.07) is 4.24. The highest BCUT2D eigenvalue weighted by molar-refractivity contribution is 5.94. The summed E-state index contributed by atoms with van der Waals surface area (Å²) in [7, 11) is 0. The van der Waals surface area contributed by atoms with Crippen LogP contribution in [0.3, 0.4) is 0 Å². The normalized spacial score (nSPS) is 14.8. The van der Waals surface area contributed by atoms with E-state index in [4.69, 9.17) is 10.5 Å². The molecule has 120 valence electrons. The zero-order valence-corrected chi connectivity index (χ0v) is 12.8. The van der Waals surface area contributed by atoms with Gasteiger partial charge >= 0.3 is 0 Å². The number of rotatable bonds is 3. The Morgan fingerprint density at radius 3 is 2.74 bits per heavy atom. The smallest absolute Gasteiger partial charge is 0.251 e. The molecule has 0 unspecified atom stereocenters. The zero-order valence-electron chi connectivity index (χ0n) is 12.8. The predicted molar refractivity (Wildman–Crippen MR) is 83.7 cm³/mol. The maximum absolute atomic E-state index is 13.6. The lowest BCUT2D eigenvalue weighted by Gasteiger charge is -2.27. The van der Waals surface area contributed by atoms with E-state index in [1.54, 1.807) is 12.3 Å². The van der Waals surface area contributed by atoms with Crippen LogP contribution in [-0.4, -0.2) is 42.2 Å². The third-order valence-corrected chi connectivity index (χ3v) is 3.80. The Bertz CT molecular complexity index is 745. The van der Waals surface area contributed by atoms with E-state index in [1.807, 2.05) is 6.92 Å². The van der Waals surface area contributed by atoms with Crippen molar-refractivity contribution >= 4 is 11.9 Å². The summed E-state index contributed by atoms with van der Waals surface area (Å²) < 4.78 is 18.9. The summed E-state index contributed by atoms with van der Waals surface area (Å²) in [5.74, 6) is -0.788. The van der Waals surface area contributed by atoms with Gasteiger partial charge in [0.25, 0.3) is 5.91 Å². The number of aromatic nitrogens is 2. The number of anilines is 1. The summed E-state index contributed by atoms with van der Waals surface area (Å²) in [6.07, 6.45) is 1.69. The van der Waals surface area contributed by atoms with Crippen molar-refractivity contribution in [3.8, 4) is 11.1 Å². The first-order valence-corrected chi connectivity index (χ1v) is 7.32. The van der Waals surface area contributed by atoms with Crippen LogP contribution in [0.2, 0.25) is 0 Å². The van der Waals surface area contributed by atoms with Crippen molar-refractivity contribution in [3.05, 3.63) is 41.5 Å². The van der Waals surface area contributed by atoms with Crippen LogP contribution in [0.1, 0.15) is 16.1 Å². The van der Waals surface area contributed by atoms with Gasteiger partial charge in [0.1, 0.15) is 5.82 Å². The standard InChI is InChI=1S/C16H17FN4O2/c1-10-13(11-2-3-14(17)12(8-11)15(18)22)9-19-16(20-10)21-4-6-23-7-5-21/h2-3,8-9H,4-7H2,1H3,(H2,18,22). The summed E-state index contributed by atoms with van der Waals surface area (Å²) in [6.45, 7) is 4.67. The number of halogens is 1. The molecule has 1 amide bonds. The zero-order chi connectivity index (χ0) is 16.4. The molecule has 2 heterocycles. The minimum Gasteiger partial charge on any atom is -0.378 e. The number of benzene rings is 1. The summed E-state index contributed by atoms with van der Waals surface area (Å²) >= 11 is 0. The molecule has 1 aliphatic heterocycles. The molecule has 1 aliphatic rings. The summed E-state index contributed by atoms with van der Waals surface area (Å²) in [5, 5.41) is 0. The van der Waals surface area contributed by atoms with E-state index in [0.29, 0.717) is 24.7 Å². The average Bonchev–Trinajstić information content (AvgIpc) is 2.56. The van der Waals surface area contributed by atoms with Gasteiger partial charge < -0.3 is 15.4 Å². The van der Waals surface area contributed by atoms with Crippen LogP contribution in [0.5, 0.6) is 0 Å². The summed E-state index contributed by atoms with van der Waals surface area (Å²) in [4.78, 5) is 22.2. The summed E-state index contributed by atoms with van der Waals surface area (Å²) in [5.41, 5.74) is 7.20. The van der Waals surface area contributed by atoms with Gasteiger partial charge in [0.15, 0.2) is 0 Å². The highest BCUT2D eigenvalue weighted by Crippen LogP contribution is 2.25. The van der Waals surface area contributed by atoms with E-state index in [2.05, 4.69) is 14.9 Å². The Labute approximate surface area is 133 Å². The van der Waals surface area contributed by atoms with Crippen LogP contribution < -0.4 is 10.6 Å². The Hall–Kier alpha value is -2.54. The van der Waals surface area contributed by atoms with Gasteiger partial charge in [0.2, 0.25) is 5.95 Å². The molecule has 0 radical (unpaired) electrons. The van der Waals surface area contributed by atoms with E-state index >= 15 is 0 Å². The Kier molecular flexibility index (Phi) is 4.20. The molecular weight excluding hydrogens is 299 g/mol. The first kappa shape index (κ1) is 15.4. The van der Waals surface area contributed by atoms with Gasteiger partial charge in [0.05, 0.1) is 24.5 Å². The molecule has 2 N–H and O–H groups in total. The van der Waals surface area contributed by atoms with Gasteiger partial charge in [-0.15, -0.1) is 0 Å². The number of ether oxygens (including phenoxy) is 1. The second kappa shape index (κ2) is 6.29. The Morgan fingerprint density at radius 1 is 1.35 bits per heavy atom. The quantitative estimate of drug-likeness (QED) is 0.928. The van der Waals surface area contributed by atoms with Gasteiger partial charge in [-0.3, -0.25) is 4.79 Å². The molecular formula is C16H17FN4O2. The van der Waals surface area contributed by atoms with Crippen molar-refractivity contribution in [2.24, 2.45) is 5.73 Å². The average molecular weight is 316 g/mol. The van der Waals surface area contributed by atoms with Crippen molar-refractivity contribution in [3.63, 3.8) is 0 Å². The predicted octanol–water partition coefficient (Wildman–Crippen LogP) is 1.53. The maximum Gasteiger partial charge on any atom is 0.251 e. The molecule has 23 heavy (non-hydrogen) atoms. The van der Waals surface area contributed by atoms with Crippen molar-refractivity contribution in [2.75, 3.05) is 31.2 Å². The molecule has 1 saturated heterocycles. The second-order valence-electron chi connectivity index (χ2n) is 5.33. The number of primary amides is 1. The van der Waals surface area contributed by atoms with Crippen LogP contribution in [0.4, 0.5) is 10.3 Å². The first-order chi connectivity index (χ1) is 11.1. The topological polar surface area (TPSA) is 81.3 Å². The number of carbonyl (C=O) groups excluding carboxylic acids is 1. The van der Waals surface area contributed by atoms with E-state index in [1.165, 1.54) is 12.1 Å². The van der Waals surface area contributed by atoms with Gasteiger partial charge in [0, 0.05) is 24.8 Å². The number of carbonyl (C=O) groups is 1. The number of hydrogen-bond acceptors (Lipinski definition) is 5. The SMILES string of the molecule is Cc1nc(N2CCOCC2)ncc1-c1ccc(F)c(C(N)=O)c1. The number of aryl methyl sites for hydroxylation is 1. The van der Waals surface area contributed by atoms with Crippen molar-refractivity contribution < 1.29 is 13.9 Å². The van der Waals surface area contributed by atoms with E-state index in [-0.39, 0.29) is 5.56 Å². The largest absolute Gasteiger partial charge is 0.378 e. The minimum atomic E-state index is -0.798. The van der Waals surface area contributed by atoms with Crippen molar-refractivity contribution in [1.29, 1.82) is 0 Å². The van der Waals surface area contributed by atoms with Crippen molar-refractivity contribution in [2.45, 2.75) is 6.92 Å². The highest BCUT2D eigenvalue weighted by atomic mass is 19.1. The Morgan fingerprint density at radius 2 is 2.09 bits per heavy atom. The molecule has 2 aromatic rings. The van der Waals surface area contributed by atoms with Gasteiger partial charge in [-0.2, -0.15) is 0 Å². The second-order valence-corrected chi connectivity index (χ2v) is 5.33. The van der Waals surface area contributed by atoms with Crippen LogP contribution >= 0.6 is 0 Å². The molecule has 0 atom stereocenters. The monoisotopic (exact) mass is 316 g/mol. The van der Waals surface area contributed by atoms with Crippen molar-refractivity contribution in [1.82, 2.24) is 9.97 Å². The van der Waals surface area contributed by atoms with Gasteiger partial charge in [-0.25, -0.2) is 14.4 Å². The minimum absolute atomic E-state index is 0.140. The molecule has 0 spiro atoms. The van der Waals surface area contributed by atoms with Crippen LogP contribution in [0.25, 0.3) is 11.1 Å². The maximum atomic E-state index is 13.6. The van der Waals surface area contributed by atoms with Gasteiger partial charge in [-0.05, 0) is 24.6 Å². The van der Waals surface area contributed by atoms with E-state index in [9.17, 15) is 9.18 Å². The highest BCUT2D eigenvalue weighted by Gasteiger charge is 2.16. The molecule has 0 bridgehead atoms. The Balaban J connectivity index is 1.94. The molecule has 0 aliphatic carbocycles. The number of nitrogens with two attached hydrogens (primary N) is 1. The fraction of sp³-hybridized carbons (Fsp3) is 0.312. The lowest BCUT2D eigenvalue weighted by molar-refractivity contribution is 0.0996. The third kappa shape index (κ3) is 3.14. The fourth-order valence-electron chi connectivity index (χ4n) is 2.54. The molecule has 0 saturated carbocycles. The molecule has 6 nitrogen and oxygen atoms in total. The van der Waals surface area contributed by atoms with Crippen LogP contribution in [0.15, 0.2) is 24.4 Å². The number of morpholine rings is 1. The van der Waals surface area contributed by atoms with Gasteiger partial charge in [-0.1, -0.05) is 6.07 Å². The number of nitrogens with zero attached hydrogens (tertiary/aromatic N) is 3. The number of hydrogen-bond donors (Lipinski definition) is 1. The molecule has 1 aromatic carbocycles. The number of amides is 1. The third-order valence-electron chi connectivity index (χ3n) is 3.80. The molecule has 1 aromatic heterocycles. The van der Waals surface area contributed by atoms with Crippen LogP contribution in [-0.2, 0) is 4.74 Å². The molecule has 1 fully saturated rings. The van der Waals surface area contributed by atoms with E-state index in [0.717, 1.165) is 24.3 Å². The first-order valence-electron chi connectivity index (χ1n) is 7.32. The molecule has 7 heteroatoms. The fourth-order valence-corrected chi connectivity index (χ4v) is 2.54.